The van der Waals surface area contributed by atoms with Gasteiger partial charge in [0.25, 0.3) is 0 Å². The van der Waals surface area contributed by atoms with Crippen LogP contribution in [0.5, 0.6) is 0 Å². The van der Waals surface area contributed by atoms with Crippen molar-refractivity contribution in [2.45, 2.75) is 39.8 Å². The molecule has 114 valence electrons. The van der Waals surface area contributed by atoms with Crippen molar-refractivity contribution in [3.05, 3.63) is 47.7 Å². The maximum atomic E-state index is 14.2. The Bertz CT molecular complexity index is 607. The predicted molar refractivity (Wildman–Crippen MR) is 85.4 cm³/mol. The number of anilines is 2. The molecule has 21 heavy (non-hydrogen) atoms. The molecule has 0 aliphatic heterocycles. The summed E-state index contributed by atoms with van der Waals surface area (Å²) in [5.41, 5.74) is 1.35. The van der Waals surface area contributed by atoms with Gasteiger partial charge in [-0.05, 0) is 58.0 Å². The highest BCUT2D eigenvalue weighted by atomic mass is 19.1. The molecule has 4 heteroatoms. The smallest absolute Gasteiger partial charge is 0.148 e. The van der Waals surface area contributed by atoms with Gasteiger partial charge in [0.2, 0.25) is 0 Å². The second kappa shape index (κ2) is 6.20. The lowest BCUT2D eigenvalue weighted by Gasteiger charge is -2.24. The highest BCUT2D eigenvalue weighted by molar-refractivity contribution is 5.56. The van der Waals surface area contributed by atoms with Crippen molar-refractivity contribution in [3.8, 4) is 0 Å². The van der Waals surface area contributed by atoms with Gasteiger partial charge in [-0.25, -0.2) is 4.39 Å². The fraction of sp³-hybridized carbons (Fsp3) is 0.412. The summed E-state index contributed by atoms with van der Waals surface area (Å²) in [5, 5.41) is 3.26. The van der Waals surface area contributed by atoms with E-state index in [0.29, 0.717) is 5.69 Å². The van der Waals surface area contributed by atoms with Crippen molar-refractivity contribution in [2.24, 2.45) is 0 Å². The number of hydrogen-bond donors (Lipinski definition) is 1. The Balaban J connectivity index is 2.13. The van der Waals surface area contributed by atoms with Gasteiger partial charge in [-0.2, -0.15) is 0 Å². The van der Waals surface area contributed by atoms with E-state index in [1.54, 1.807) is 6.07 Å². The molecule has 1 aromatic heterocycles. The van der Waals surface area contributed by atoms with Crippen LogP contribution in [0, 0.1) is 12.7 Å². The van der Waals surface area contributed by atoms with Gasteiger partial charge < -0.3 is 14.6 Å². The summed E-state index contributed by atoms with van der Waals surface area (Å²) in [6.07, 6.45) is 0. The maximum Gasteiger partial charge on any atom is 0.148 e. The van der Waals surface area contributed by atoms with E-state index in [-0.39, 0.29) is 17.9 Å². The van der Waals surface area contributed by atoms with Gasteiger partial charge >= 0.3 is 0 Å². The molecule has 1 atom stereocenters. The Kier molecular flexibility index (Phi) is 4.56. The molecule has 2 aromatic rings. The Labute approximate surface area is 125 Å². The predicted octanol–water partition coefficient (Wildman–Crippen LogP) is 4.74. The second-order valence-electron chi connectivity index (χ2n) is 5.69. The third-order valence-electron chi connectivity index (χ3n) is 3.67. The molecule has 0 saturated carbocycles. The molecule has 1 N–H and O–H groups in total. The lowest BCUT2D eigenvalue weighted by molar-refractivity contribution is 0.467. The Morgan fingerprint density at radius 3 is 2.38 bits per heavy atom. The van der Waals surface area contributed by atoms with Crippen LogP contribution in [0.15, 0.2) is 34.7 Å². The molecule has 0 amide bonds. The number of halogens is 1. The van der Waals surface area contributed by atoms with E-state index in [0.717, 1.165) is 17.2 Å². The first-order valence-electron chi connectivity index (χ1n) is 7.23. The Morgan fingerprint density at radius 1 is 1.14 bits per heavy atom. The standard InChI is InChI=1S/C17H23FN2O/c1-11(2)20(5)16-8-7-14(10-15(16)18)19-13(4)17-9-6-12(3)21-17/h6-11,13,19H,1-5H3. The topological polar surface area (TPSA) is 28.4 Å². The summed E-state index contributed by atoms with van der Waals surface area (Å²) in [6.45, 7) is 7.97. The van der Waals surface area contributed by atoms with Crippen LogP contribution in [0.3, 0.4) is 0 Å². The molecule has 0 aliphatic rings. The number of aryl methyl sites for hydroxylation is 1. The minimum absolute atomic E-state index is 0.00761. The summed E-state index contributed by atoms with van der Waals surface area (Å²) in [5.74, 6) is 1.49. The number of benzene rings is 1. The number of hydrogen-bond acceptors (Lipinski definition) is 3. The van der Waals surface area contributed by atoms with E-state index in [1.165, 1.54) is 6.07 Å². The molecule has 0 radical (unpaired) electrons. The van der Waals surface area contributed by atoms with Crippen LogP contribution in [0.1, 0.15) is 38.3 Å². The van der Waals surface area contributed by atoms with Crippen LogP contribution in [0.2, 0.25) is 0 Å². The summed E-state index contributed by atoms with van der Waals surface area (Å²) in [7, 11) is 1.89. The first-order chi connectivity index (χ1) is 9.88. The van der Waals surface area contributed by atoms with Crippen molar-refractivity contribution in [3.63, 3.8) is 0 Å². The lowest BCUT2D eigenvalue weighted by atomic mass is 10.2. The number of rotatable bonds is 5. The van der Waals surface area contributed by atoms with E-state index in [4.69, 9.17) is 4.42 Å². The lowest BCUT2D eigenvalue weighted by Crippen LogP contribution is -2.26. The third kappa shape index (κ3) is 3.57. The minimum Gasteiger partial charge on any atom is -0.464 e. The van der Waals surface area contributed by atoms with Gasteiger partial charge in [-0.15, -0.1) is 0 Å². The summed E-state index contributed by atoms with van der Waals surface area (Å²) in [4.78, 5) is 1.92. The van der Waals surface area contributed by atoms with Gasteiger partial charge in [0.05, 0.1) is 11.7 Å². The molecule has 0 saturated heterocycles. The van der Waals surface area contributed by atoms with Gasteiger partial charge in [0.15, 0.2) is 0 Å². The fourth-order valence-electron chi connectivity index (χ4n) is 2.17. The molecular weight excluding hydrogens is 267 g/mol. The fourth-order valence-corrected chi connectivity index (χ4v) is 2.17. The highest BCUT2D eigenvalue weighted by Crippen LogP contribution is 2.26. The molecule has 3 nitrogen and oxygen atoms in total. The zero-order valence-electron chi connectivity index (χ0n) is 13.3. The zero-order chi connectivity index (χ0) is 15.6. The average molecular weight is 290 g/mol. The van der Waals surface area contributed by atoms with Crippen LogP contribution < -0.4 is 10.2 Å². The van der Waals surface area contributed by atoms with Crippen LogP contribution in [-0.2, 0) is 0 Å². The Morgan fingerprint density at radius 2 is 1.86 bits per heavy atom. The molecular formula is C17H23FN2O. The van der Waals surface area contributed by atoms with Gasteiger partial charge in [0, 0.05) is 18.8 Å². The first kappa shape index (κ1) is 15.4. The molecule has 0 aliphatic carbocycles. The van der Waals surface area contributed by atoms with E-state index in [9.17, 15) is 4.39 Å². The minimum atomic E-state index is -0.223. The normalized spacial score (nSPS) is 12.5. The van der Waals surface area contributed by atoms with Gasteiger partial charge in [-0.1, -0.05) is 0 Å². The van der Waals surface area contributed by atoms with E-state index in [2.05, 4.69) is 5.32 Å². The molecule has 1 heterocycles. The number of furan rings is 1. The van der Waals surface area contributed by atoms with Crippen molar-refractivity contribution in [2.75, 3.05) is 17.3 Å². The summed E-state index contributed by atoms with van der Waals surface area (Å²) >= 11 is 0. The number of nitrogens with one attached hydrogen (secondary N) is 1. The maximum absolute atomic E-state index is 14.2. The van der Waals surface area contributed by atoms with Crippen molar-refractivity contribution in [1.29, 1.82) is 0 Å². The van der Waals surface area contributed by atoms with Gasteiger partial charge in [-0.3, -0.25) is 0 Å². The monoisotopic (exact) mass is 290 g/mol. The van der Waals surface area contributed by atoms with Crippen molar-refractivity contribution in [1.82, 2.24) is 0 Å². The van der Waals surface area contributed by atoms with E-state index in [1.807, 2.05) is 57.8 Å². The van der Waals surface area contributed by atoms with Crippen LogP contribution in [-0.4, -0.2) is 13.1 Å². The van der Waals surface area contributed by atoms with Crippen molar-refractivity contribution >= 4 is 11.4 Å². The Hall–Kier alpha value is -1.97. The first-order valence-corrected chi connectivity index (χ1v) is 7.23. The SMILES string of the molecule is Cc1ccc(C(C)Nc2ccc(N(C)C(C)C)c(F)c2)o1. The van der Waals surface area contributed by atoms with E-state index >= 15 is 0 Å². The van der Waals surface area contributed by atoms with Crippen molar-refractivity contribution < 1.29 is 8.81 Å². The molecule has 2 rings (SSSR count). The highest BCUT2D eigenvalue weighted by Gasteiger charge is 2.13. The number of nitrogens with zero attached hydrogens (tertiary/aromatic N) is 1. The quantitative estimate of drug-likeness (QED) is 0.861. The molecule has 0 fully saturated rings. The molecule has 0 spiro atoms. The van der Waals surface area contributed by atoms with Crippen LogP contribution >= 0.6 is 0 Å². The zero-order valence-corrected chi connectivity index (χ0v) is 13.3. The average Bonchev–Trinajstić information content (AvgIpc) is 2.85. The summed E-state index contributed by atoms with van der Waals surface area (Å²) in [6, 6.07) is 9.33. The van der Waals surface area contributed by atoms with E-state index < -0.39 is 0 Å². The molecule has 1 aromatic carbocycles. The summed E-state index contributed by atoms with van der Waals surface area (Å²) < 4.78 is 19.8. The largest absolute Gasteiger partial charge is 0.464 e. The molecule has 0 bridgehead atoms. The van der Waals surface area contributed by atoms with Gasteiger partial charge in [0.1, 0.15) is 17.3 Å². The van der Waals surface area contributed by atoms with Crippen LogP contribution in [0.25, 0.3) is 0 Å². The third-order valence-corrected chi connectivity index (χ3v) is 3.67. The second-order valence-corrected chi connectivity index (χ2v) is 5.69. The van der Waals surface area contributed by atoms with Crippen LogP contribution in [0.4, 0.5) is 15.8 Å². The molecule has 1 unspecified atom stereocenters.